The number of nitrogens with zero attached hydrogens (tertiary/aromatic N) is 2. The second kappa shape index (κ2) is 7.27. The number of rotatable bonds is 4. The highest BCUT2D eigenvalue weighted by molar-refractivity contribution is 9.11. The smallest absolute Gasteiger partial charge is 0.281 e. The van der Waals surface area contributed by atoms with Crippen LogP contribution in [-0.4, -0.2) is 24.1 Å². The van der Waals surface area contributed by atoms with E-state index < -0.39 is 0 Å². The van der Waals surface area contributed by atoms with Crippen molar-refractivity contribution >= 4 is 50.5 Å². The summed E-state index contributed by atoms with van der Waals surface area (Å²) in [6.45, 7) is 2.58. The van der Waals surface area contributed by atoms with E-state index in [0.717, 1.165) is 28.0 Å². The second-order valence-electron chi connectivity index (χ2n) is 5.44. The Balaban J connectivity index is 1.73. The van der Waals surface area contributed by atoms with E-state index in [1.165, 1.54) is 11.3 Å². The van der Waals surface area contributed by atoms with Crippen LogP contribution in [0, 0.1) is 0 Å². The van der Waals surface area contributed by atoms with Crippen LogP contribution in [0.25, 0.3) is 0 Å². The molecule has 1 N–H and O–H groups in total. The number of hydrogen-bond acceptors (Lipinski definition) is 4. The van der Waals surface area contributed by atoms with Crippen LogP contribution in [0.3, 0.4) is 0 Å². The lowest BCUT2D eigenvalue weighted by molar-refractivity contribution is -0.117. The molecule has 124 valence electrons. The molecule has 3 rings (SSSR count). The van der Waals surface area contributed by atoms with E-state index >= 15 is 0 Å². The first kappa shape index (κ1) is 16.9. The monoisotopic (exact) mass is 405 g/mol. The average molecular weight is 406 g/mol. The van der Waals surface area contributed by atoms with Crippen LogP contribution in [0.15, 0.2) is 45.3 Å². The Hall–Kier alpha value is -1.99. The van der Waals surface area contributed by atoms with Gasteiger partial charge in [-0.2, -0.15) is 5.10 Å². The zero-order valence-electron chi connectivity index (χ0n) is 13.1. The minimum absolute atomic E-state index is 0.151. The van der Waals surface area contributed by atoms with Crippen LogP contribution in [0.2, 0.25) is 0 Å². The number of carbonyl (C=O) groups excluding carboxylic acids is 2. The van der Waals surface area contributed by atoms with E-state index in [2.05, 4.69) is 26.5 Å². The molecule has 0 spiro atoms. The molecule has 0 saturated carbocycles. The summed E-state index contributed by atoms with van der Waals surface area (Å²) in [6.07, 6.45) is 1.49. The van der Waals surface area contributed by atoms with Crippen molar-refractivity contribution in [3.8, 4) is 0 Å². The molecule has 2 heterocycles. The van der Waals surface area contributed by atoms with Gasteiger partial charge in [-0.15, -0.1) is 11.3 Å². The van der Waals surface area contributed by atoms with Gasteiger partial charge in [0.1, 0.15) is 0 Å². The van der Waals surface area contributed by atoms with Gasteiger partial charge in [-0.3, -0.25) is 9.59 Å². The van der Waals surface area contributed by atoms with E-state index in [1.54, 1.807) is 11.0 Å². The van der Waals surface area contributed by atoms with E-state index in [0.29, 0.717) is 17.0 Å². The van der Waals surface area contributed by atoms with E-state index in [-0.39, 0.29) is 11.8 Å². The molecular formula is C17H16BrN3O2S. The predicted octanol–water partition coefficient (Wildman–Crippen LogP) is 3.79. The summed E-state index contributed by atoms with van der Waals surface area (Å²) in [6, 6.07) is 11.2. The molecule has 5 nitrogen and oxygen atoms in total. The number of amides is 2. The lowest BCUT2D eigenvalue weighted by atomic mass is 10.1. The van der Waals surface area contributed by atoms with E-state index in [4.69, 9.17) is 0 Å². The maximum absolute atomic E-state index is 12.0. The van der Waals surface area contributed by atoms with Crippen LogP contribution in [0.5, 0.6) is 0 Å². The van der Waals surface area contributed by atoms with Gasteiger partial charge in [-0.05, 0) is 59.1 Å². The van der Waals surface area contributed by atoms with Crippen molar-refractivity contribution in [3.63, 3.8) is 0 Å². The Bertz CT molecular complexity index is 816. The van der Waals surface area contributed by atoms with Gasteiger partial charge in [0.25, 0.3) is 5.91 Å². The fourth-order valence-corrected chi connectivity index (χ4v) is 3.79. The summed E-state index contributed by atoms with van der Waals surface area (Å²) >= 11 is 4.69. The Labute approximate surface area is 152 Å². The van der Waals surface area contributed by atoms with Crippen molar-refractivity contribution < 1.29 is 9.59 Å². The zero-order valence-corrected chi connectivity index (χ0v) is 15.5. The first-order valence-corrected chi connectivity index (χ1v) is 9.16. The lowest BCUT2D eigenvalue weighted by Gasteiger charge is -2.16. The number of anilines is 1. The third kappa shape index (κ3) is 3.73. The van der Waals surface area contributed by atoms with Crippen LogP contribution in [0.4, 0.5) is 5.69 Å². The van der Waals surface area contributed by atoms with Crippen molar-refractivity contribution in [2.75, 3.05) is 11.4 Å². The van der Waals surface area contributed by atoms with Crippen molar-refractivity contribution in [2.45, 2.75) is 19.8 Å². The third-order valence-corrected chi connectivity index (χ3v) is 5.39. The number of benzene rings is 1. The Morgan fingerprint density at radius 3 is 2.83 bits per heavy atom. The highest BCUT2D eigenvalue weighted by atomic mass is 79.9. The number of nitrogens with one attached hydrogen (secondary N) is 1. The molecule has 0 atom stereocenters. The summed E-state index contributed by atoms with van der Waals surface area (Å²) in [5.41, 5.74) is 5.00. The van der Waals surface area contributed by atoms with Gasteiger partial charge in [0, 0.05) is 18.7 Å². The molecule has 1 saturated heterocycles. The Morgan fingerprint density at radius 2 is 2.17 bits per heavy atom. The van der Waals surface area contributed by atoms with Gasteiger partial charge >= 0.3 is 0 Å². The standard InChI is InChI=1S/C17H16BrN3O2S/c1-11(19-20-17(23)14-7-8-15(18)24-14)12-4-2-5-13(10-12)21-9-3-6-16(21)22/h2,4-5,7-8,10H,3,6,9H2,1H3,(H,20,23)/b19-11-. The quantitative estimate of drug-likeness (QED) is 0.621. The molecule has 1 aliphatic heterocycles. The average Bonchev–Trinajstić information content (AvgIpc) is 3.21. The molecule has 1 fully saturated rings. The minimum Gasteiger partial charge on any atom is -0.312 e. The molecule has 1 aliphatic rings. The number of hydrogen-bond donors (Lipinski definition) is 1. The van der Waals surface area contributed by atoms with Crippen molar-refractivity contribution in [1.29, 1.82) is 0 Å². The normalized spacial score (nSPS) is 15.0. The van der Waals surface area contributed by atoms with Gasteiger partial charge in [0.15, 0.2) is 0 Å². The summed E-state index contributed by atoms with van der Waals surface area (Å²) in [5.74, 6) is -0.0887. The van der Waals surface area contributed by atoms with Crippen molar-refractivity contribution in [3.05, 3.63) is 50.6 Å². The van der Waals surface area contributed by atoms with Gasteiger partial charge < -0.3 is 4.90 Å². The predicted molar refractivity (Wildman–Crippen MR) is 99.7 cm³/mol. The fourth-order valence-electron chi connectivity index (χ4n) is 2.51. The summed E-state index contributed by atoms with van der Waals surface area (Å²) in [4.78, 5) is 26.3. The third-order valence-electron chi connectivity index (χ3n) is 3.77. The summed E-state index contributed by atoms with van der Waals surface area (Å²) in [5, 5.41) is 4.17. The second-order valence-corrected chi connectivity index (χ2v) is 7.90. The fraction of sp³-hybridized carbons (Fsp3) is 0.235. The molecule has 0 bridgehead atoms. The van der Waals surface area contributed by atoms with Gasteiger partial charge in [-0.1, -0.05) is 12.1 Å². The van der Waals surface area contributed by atoms with Gasteiger partial charge in [0.2, 0.25) is 5.91 Å². The van der Waals surface area contributed by atoms with Crippen LogP contribution in [0.1, 0.15) is 35.0 Å². The van der Waals surface area contributed by atoms with Crippen LogP contribution in [-0.2, 0) is 4.79 Å². The summed E-state index contributed by atoms with van der Waals surface area (Å²) in [7, 11) is 0. The molecule has 1 aromatic heterocycles. The SMILES string of the molecule is C/C(=N/NC(=O)c1ccc(Br)s1)c1cccc(N2CCCC2=O)c1. The molecular weight excluding hydrogens is 390 g/mol. The molecule has 2 aromatic rings. The molecule has 2 amide bonds. The van der Waals surface area contributed by atoms with Crippen LogP contribution >= 0.6 is 27.3 Å². The van der Waals surface area contributed by atoms with Crippen LogP contribution < -0.4 is 10.3 Å². The van der Waals surface area contributed by atoms with E-state index in [9.17, 15) is 9.59 Å². The maximum Gasteiger partial charge on any atom is 0.281 e. The highest BCUT2D eigenvalue weighted by Crippen LogP contribution is 2.23. The molecule has 1 aromatic carbocycles. The lowest BCUT2D eigenvalue weighted by Crippen LogP contribution is -2.24. The highest BCUT2D eigenvalue weighted by Gasteiger charge is 2.21. The Morgan fingerprint density at radius 1 is 1.33 bits per heavy atom. The van der Waals surface area contributed by atoms with Gasteiger partial charge in [-0.25, -0.2) is 5.43 Å². The maximum atomic E-state index is 12.0. The molecule has 7 heteroatoms. The zero-order chi connectivity index (χ0) is 17.1. The number of thiophene rings is 1. The topological polar surface area (TPSA) is 61.8 Å². The Kier molecular flexibility index (Phi) is 5.11. The summed E-state index contributed by atoms with van der Waals surface area (Å²) < 4.78 is 0.899. The van der Waals surface area contributed by atoms with Crippen molar-refractivity contribution in [2.24, 2.45) is 5.10 Å². The number of carbonyl (C=O) groups is 2. The minimum atomic E-state index is -0.240. The van der Waals surface area contributed by atoms with Crippen molar-refractivity contribution in [1.82, 2.24) is 5.43 Å². The molecule has 0 unspecified atom stereocenters. The van der Waals surface area contributed by atoms with E-state index in [1.807, 2.05) is 37.3 Å². The first-order chi connectivity index (χ1) is 11.5. The molecule has 0 aliphatic carbocycles. The number of hydrazone groups is 1. The molecule has 0 radical (unpaired) electrons. The number of halogens is 1. The molecule has 24 heavy (non-hydrogen) atoms. The largest absolute Gasteiger partial charge is 0.312 e. The first-order valence-electron chi connectivity index (χ1n) is 7.55. The van der Waals surface area contributed by atoms with Gasteiger partial charge in [0.05, 0.1) is 14.4 Å².